The van der Waals surface area contributed by atoms with Gasteiger partial charge in [-0.3, -0.25) is 14.7 Å². The Bertz CT molecular complexity index is 788. The van der Waals surface area contributed by atoms with Gasteiger partial charge in [0.15, 0.2) is 0 Å². The third kappa shape index (κ3) is 3.41. The summed E-state index contributed by atoms with van der Waals surface area (Å²) in [5.74, 6) is 0.862. The summed E-state index contributed by atoms with van der Waals surface area (Å²) in [5, 5.41) is 10.6. The number of piperidine rings is 1. The second-order valence-electron chi connectivity index (χ2n) is 7.26. The molecule has 0 aromatic carbocycles. The fraction of sp³-hybridized carbons (Fsp3) is 0.588. The molecule has 1 amide bonds. The average molecular weight is 361 g/mol. The number of carbonyl (C=O) groups is 1. The van der Waals surface area contributed by atoms with Crippen LogP contribution in [0.4, 0.5) is 0 Å². The minimum atomic E-state index is -0.253. The Morgan fingerprint density at radius 3 is 2.88 bits per heavy atom. The fourth-order valence-corrected chi connectivity index (χ4v) is 4.73. The lowest BCUT2D eigenvalue weighted by Gasteiger charge is -2.34. The summed E-state index contributed by atoms with van der Waals surface area (Å²) in [4.78, 5) is 30.4. The largest absolute Gasteiger partial charge is 0.340 e. The number of aromatic nitrogens is 3. The highest BCUT2D eigenvalue weighted by Gasteiger charge is 2.58. The van der Waals surface area contributed by atoms with E-state index in [-0.39, 0.29) is 17.0 Å². The SMILES string of the molecule is CC(=O)N(Cc1ccsc1)C1CC12CCN(Cc1n[nH]c(=O)[nH]1)CC2. The van der Waals surface area contributed by atoms with Crippen LogP contribution in [0.15, 0.2) is 21.6 Å². The minimum absolute atomic E-state index is 0.171. The van der Waals surface area contributed by atoms with Crippen LogP contribution in [-0.2, 0) is 17.9 Å². The molecule has 1 spiro atoms. The van der Waals surface area contributed by atoms with Crippen molar-refractivity contribution in [2.45, 2.75) is 45.3 Å². The third-order valence-electron chi connectivity index (χ3n) is 5.64. The molecule has 1 atom stereocenters. The molecule has 7 nitrogen and oxygen atoms in total. The van der Waals surface area contributed by atoms with E-state index in [0.717, 1.165) is 38.9 Å². The van der Waals surface area contributed by atoms with E-state index in [0.29, 0.717) is 18.4 Å². The number of hydrogen-bond acceptors (Lipinski definition) is 5. The van der Waals surface area contributed by atoms with Crippen LogP contribution in [0.5, 0.6) is 0 Å². The van der Waals surface area contributed by atoms with Crippen LogP contribution in [0.2, 0.25) is 0 Å². The molecule has 1 saturated carbocycles. The topological polar surface area (TPSA) is 85.1 Å². The number of hydrogen-bond donors (Lipinski definition) is 2. The Morgan fingerprint density at radius 2 is 2.28 bits per heavy atom. The quantitative estimate of drug-likeness (QED) is 0.846. The number of rotatable bonds is 5. The van der Waals surface area contributed by atoms with Gasteiger partial charge in [0, 0.05) is 19.5 Å². The summed E-state index contributed by atoms with van der Waals surface area (Å²) < 4.78 is 0. The first-order valence-corrected chi connectivity index (χ1v) is 9.64. The van der Waals surface area contributed by atoms with Crippen molar-refractivity contribution in [3.05, 3.63) is 38.7 Å². The molecule has 1 saturated heterocycles. The maximum atomic E-state index is 12.2. The Balaban J connectivity index is 1.35. The van der Waals surface area contributed by atoms with Crippen molar-refractivity contribution in [1.29, 1.82) is 0 Å². The molecule has 1 aliphatic carbocycles. The van der Waals surface area contributed by atoms with Gasteiger partial charge in [0.1, 0.15) is 5.82 Å². The van der Waals surface area contributed by atoms with Gasteiger partial charge in [-0.25, -0.2) is 9.89 Å². The molecule has 134 valence electrons. The minimum Gasteiger partial charge on any atom is -0.335 e. The highest BCUT2D eigenvalue weighted by atomic mass is 32.1. The zero-order valence-corrected chi connectivity index (χ0v) is 15.1. The first kappa shape index (κ1) is 16.5. The van der Waals surface area contributed by atoms with Crippen LogP contribution in [0.3, 0.4) is 0 Å². The predicted molar refractivity (Wildman–Crippen MR) is 95.1 cm³/mol. The summed E-state index contributed by atoms with van der Waals surface area (Å²) in [6, 6.07) is 2.47. The molecule has 2 N–H and O–H groups in total. The van der Waals surface area contributed by atoms with Crippen LogP contribution >= 0.6 is 11.3 Å². The Labute approximate surface area is 150 Å². The standard InChI is InChI=1S/C17H23N5O2S/c1-12(23)22(9-13-2-7-25-11-13)14-8-17(14)3-5-21(6-4-17)10-15-18-16(24)20-19-15/h2,7,11,14H,3-6,8-10H2,1H3,(H2,18,19,20,24). The Morgan fingerprint density at radius 1 is 1.48 bits per heavy atom. The van der Waals surface area contributed by atoms with E-state index in [1.165, 1.54) is 5.56 Å². The first-order valence-electron chi connectivity index (χ1n) is 8.70. The van der Waals surface area contributed by atoms with E-state index in [1.54, 1.807) is 18.3 Å². The van der Waals surface area contributed by atoms with E-state index in [4.69, 9.17) is 0 Å². The van der Waals surface area contributed by atoms with Crippen LogP contribution in [0, 0.1) is 5.41 Å². The van der Waals surface area contributed by atoms with Gasteiger partial charge in [-0.1, -0.05) is 0 Å². The molecule has 0 radical (unpaired) electrons. The molecule has 1 unspecified atom stereocenters. The van der Waals surface area contributed by atoms with Crippen LogP contribution in [0.1, 0.15) is 37.6 Å². The van der Waals surface area contributed by atoms with Gasteiger partial charge in [-0.05, 0) is 60.2 Å². The molecule has 4 rings (SSSR count). The Kier molecular flexibility index (Phi) is 4.24. The second kappa shape index (κ2) is 6.42. The van der Waals surface area contributed by atoms with Crippen molar-refractivity contribution in [2.75, 3.05) is 13.1 Å². The number of thiophene rings is 1. The van der Waals surface area contributed by atoms with Crippen LogP contribution in [0.25, 0.3) is 0 Å². The van der Waals surface area contributed by atoms with E-state index in [1.807, 2.05) is 0 Å². The monoisotopic (exact) mass is 361 g/mol. The number of H-pyrrole nitrogens is 2. The summed E-state index contributed by atoms with van der Waals surface area (Å²) >= 11 is 1.68. The van der Waals surface area contributed by atoms with Gasteiger partial charge >= 0.3 is 5.69 Å². The number of nitrogens with one attached hydrogen (secondary N) is 2. The first-order chi connectivity index (χ1) is 12.1. The normalized spacial score (nSPS) is 22.2. The summed E-state index contributed by atoms with van der Waals surface area (Å²) in [6.07, 6.45) is 3.31. The van der Waals surface area contributed by atoms with Gasteiger partial charge in [0.2, 0.25) is 5.91 Å². The number of nitrogens with zero attached hydrogens (tertiary/aromatic N) is 3. The summed E-state index contributed by atoms with van der Waals surface area (Å²) in [7, 11) is 0. The van der Waals surface area contributed by atoms with Crippen molar-refractivity contribution in [1.82, 2.24) is 25.0 Å². The lowest BCUT2D eigenvalue weighted by Crippen LogP contribution is -2.39. The zero-order valence-electron chi connectivity index (χ0n) is 14.3. The molecule has 3 heterocycles. The summed E-state index contributed by atoms with van der Waals surface area (Å²) in [6.45, 7) is 5.04. The smallest absolute Gasteiger partial charge is 0.335 e. The number of aromatic amines is 2. The maximum absolute atomic E-state index is 12.2. The van der Waals surface area contributed by atoms with Crippen molar-refractivity contribution in [3.8, 4) is 0 Å². The fourth-order valence-electron chi connectivity index (χ4n) is 4.07. The van der Waals surface area contributed by atoms with Gasteiger partial charge in [0.25, 0.3) is 0 Å². The molecule has 8 heteroatoms. The van der Waals surface area contributed by atoms with Crippen molar-refractivity contribution < 1.29 is 4.79 Å². The Hall–Kier alpha value is -1.93. The molecule has 25 heavy (non-hydrogen) atoms. The van der Waals surface area contributed by atoms with E-state index < -0.39 is 0 Å². The molecule has 2 aliphatic rings. The molecule has 0 bridgehead atoms. The second-order valence-corrected chi connectivity index (χ2v) is 8.04. The lowest BCUT2D eigenvalue weighted by molar-refractivity contribution is -0.130. The molecule has 1 aliphatic heterocycles. The third-order valence-corrected chi connectivity index (χ3v) is 6.37. The van der Waals surface area contributed by atoms with Crippen LogP contribution < -0.4 is 5.69 Å². The van der Waals surface area contributed by atoms with Crippen molar-refractivity contribution >= 4 is 17.2 Å². The number of likely N-dealkylation sites (tertiary alicyclic amines) is 1. The van der Waals surface area contributed by atoms with Gasteiger partial charge in [-0.2, -0.15) is 16.4 Å². The molecular weight excluding hydrogens is 338 g/mol. The molecule has 2 aromatic rings. The van der Waals surface area contributed by atoms with Crippen LogP contribution in [-0.4, -0.2) is 50.0 Å². The number of amides is 1. The molecule has 2 aromatic heterocycles. The average Bonchev–Trinajstić information content (AvgIpc) is 2.94. The van der Waals surface area contributed by atoms with Crippen molar-refractivity contribution in [3.63, 3.8) is 0 Å². The van der Waals surface area contributed by atoms with Gasteiger partial charge in [0.05, 0.1) is 6.54 Å². The maximum Gasteiger partial charge on any atom is 0.340 e. The number of carbonyl (C=O) groups excluding carboxylic acids is 1. The molecular formula is C17H23N5O2S. The van der Waals surface area contributed by atoms with Gasteiger partial charge < -0.3 is 4.90 Å². The van der Waals surface area contributed by atoms with Crippen molar-refractivity contribution in [2.24, 2.45) is 5.41 Å². The van der Waals surface area contributed by atoms with E-state index >= 15 is 0 Å². The zero-order chi connectivity index (χ0) is 17.4. The lowest BCUT2D eigenvalue weighted by atomic mass is 9.92. The molecule has 2 fully saturated rings. The van der Waals surface area contributed by atoms with E-state index in [2.05, 4.69) is 41.8 Å². The highest BCUT2D eigenvalue weighted by molar-refractivity contribution is 7.07. The summed E-state index contributed by atoms with van der Waals surface area (Å²) in [5.41, 5.74) is 1.26. The predicted octanol–water partition coefficient (Wildman–Crippen LogP) is 1.56. The van der Waals surface area contributed by atoms with E-state index in [9.17, 15) is 9.59 Å². The highest BCUT2D eigenvalue weighted by Crippen LogP contribution is 2.57. The van der Waals surface area contributed by atoms with Gasteiger partial charge in [-0.15, -0.1) is 0 Å².